The van der Waals surface area contributed by atoms with E-state index in [1.165, 1.54) is 12.0 Å². The molecule has 26 heavy (non-hydrogen) atoms. The van der Waals surface area contributed by atoms with Gasteiger partial charge in [0.25, 0.3) is 0 Å². The van der Waals surface area contributed by atoms with E-state index in [-0.39, 0.29) is 0 Å². The molecule has 0 unspecified atom stereocenters. The molecule has 5 nitrogen and oxygen atoms in total. The van der Waals surface area contributed by atoms with Gasteiger partial charge >= 0.3 is 0 Å². The molecule has 0 bridgehead atoms. The molecular weight excluding hydrogens is 326 g/mol. The number of hydrogen-bond donors (Lipinski definition) is 2. The van der Waals surface area contributed by atoms with Gasteiger partial charge in [0.05, 0.1) is 6.61 Å². The van der Waals surface area contributed by atoms with Crippen LogP contribution in [0.25, 0.3) is 0 Å². The molecule has 0 amide bonds. The van der Waals surface area contributed by atoms with Crippen LogP contribution in [-0.2, 0) is 15.9 Å². The molecule has 5 heteroatoms. The van der Waals surface area contributed by atoms with Crippen LogP contribution in [0.15, 0.2) is 35.3 Å². The number of benzene rings is 1. The SMILES string of the molecule is CCCCOCCCNC(=NC)NCCCCOCCc1ccccc1. The predicted molar refractivity (Wildman–Crippen MR) is 110 cm³/mol. The van der Waals surface area contributed by atoms with Crippen LogP contribution in [-0.4, -0.2) is 52.5 Å². The summed E-state index contributed by atoms with van der Waals surface area (Å²) in [5, 5.41) is 6.66. The fourth-order valence-electron chi connectivity index (χ4n) is 2.42. The first-order valence-corrected chi connectivity index (χ1v) is 10.0. The van der Waals surface area contributed by atoms with Gasteiger partial charge in [-0.25, -0.2) is 0 Å². The average molecular weight is 364 g/mol. The van der Waals surface area contributed by atoms with E-state index < -0.39 is 0 Å². The third-order valence-electron chi connectivity index (χ3n) is 4.01. The van der Waals surface area contributed by atoms with Crippen molar-refractivity contribution in [3.8, 4) is 0 Å². The van der Waals surface area contributed by atoms with Gasteiger partial charge in [-0.3, -0.25) is 4.99 Å². The molecule has 0 aliphatic rings. The minimum atomic E-state index is 0.793. The maximum atomic E-state index is 5.70. The fourth-order valence-corrected chi connectivity index (χ4v) is 2.42. The normalized spacial score (nSPS) is 11.5. The lowest BCUT2D eigenvalue weighted by Gasteiger charge is -2.12. The minimum absolute atomic E-state index is 0.793. The highest BCUT2D eigenvalue weighted by atomic mass is 16.5. The number of hydrogen-bond acceptors (Lipinski definition) is 3. The Morgan fingerprint density at radius 3 is 2.23 bits per heavy atom. The summed E-state index contributed by atoms with van der Waals surface area (Å²) in [7, 11) is 1.81. The van der Waals surface area contributed by atoms with E-state index in [0.29, 0.717) is 0 Å². The van der Waals surface area contributed by atoms with Gasteiger partial charge in [0.2, 0.25) is 0 Å². The molecule has 0 atom stereocenters. The van der Waals surface area contributed by atoms with E-state index in [0.717, 1.165) is 77.6 Å². The van der Waals surface area contributed by atoms with E-state index in [4.69, 9.17) is 9.47 Å². The van der Waals surface area contributed by atoms with Gasteiger partial charge in [-0.05, 0) is 37.7 Å². The average Bonchev–Trinajstić information content (AvgIpc) is 2.68. The summed E-state index contributed by atoms with van der Waals surface area (Å²) >= 11 is 0. The Hall–Kier alpha value is -1.59. The highest BCUT2D eigenvalue weighted by molar-refractivity contribution is 5.79. The molecule has 0 spiro atoms. The first kappa shape index (κ1) is 22.5. The van der Waals surface area contributed by atoms with Crippen LogP contribution < -0.4 is 10.6 Å². The van der Waals surface area contributed by atoms with Crippen LogP contribution in [0.4, 0.5) is 0 Å². The van der Waals surface area contributed by atoms with Gasteiger partial charge in [0, 0.05) is 40.0 Å². The smallest absolute Gasteiger partial charge is 0.190 e. The summed E-state index contributed by atoms with van der Waals surface area (Å²) in [6, 6.07) is 10.5. The highest BCUT2D eigenvalue weighted by Gasteiger charge is 1.97. The lowest BCUT2D eigenvalue weighted by atomic mass is 10.2. The molecule has 0 aromatic heterocycles. The van der Waals surface area contributed by atoms with Crippen molar-refractivity contribution >= 4 is 5.96 Å². The lowest BCUT2D eigenvalue weighted by Crippen LogP contribution is -2.38. The molecular formula is C21H37N3O2. The molecule has 0 fully saturated rings. The van der Waals surface area contributed by atoms with Gasteiger partial charge in [0.15, 0.2) is 5.96 Å². The number of aliphatic imine (C=N–C) groups is 1. The zero-order chi connectivity index (χ0) is 18.7. The van der Waals surface area contributed by atoms with Crippen molar-refractivity contribution in [1.29, 1.82) is 0 Å². The zero-order valence-electron chi connectivity index (χ0n) is 16.6. The third-order valence-corrected chi connectivity index (χ3v) is 4.01. The third kappa shape index (κ3) is 12.7. The summed E-state index contributed by atoms with van der Waals surface area (Å²) < 4.78 is 11.3. The number of nitrogens with zero attached hydrogens (tertiary/aromatic N) is 1. The Labute approximate surface area is 159 Å². The Bertz CT molecular complexity index is 452. The second-order valence-corrected chi connectivity index (χ2v) is 6.30. The molecule has 148 valence electrons. The highest BCUT2D eigenvalue weighted by Crippen LogP contribution is 2.00. The number of nitrogens with one attached hydrogen (secondary N) is 2. The van der Waals surface area contributed by atoms with Crippen LogP contribution in [0.2, 0.25) is 0 Å². The molecule has 1 aromatic rings. The number of unbranched alkanes of at least 4 members (excludes halogenated alkanes) is 2. The monoisotopic (exact) mass is 363 g/mol. The van der Waals surface area contributed by atoms with Crippen molar-refractivity contribution in [1.82, 2.24) is 10.6 Å². The van der Waals surface area contributed by atoms with Crippen molar-refractivity contribution in [2.75, 3.05) is 46.6 Å². The molecule has 1 rings (SSSR count). The van der Waals surface area contributed by atoms with E-state index in [2.05, 4.69) is 46.8 Å². The number of guanidine groups is 1. The number of ether oxygens (including phenoxy) is 2. The lowest BCUT2D eigenvalue weighted by molar-refractivity contribution is 0.129. The second-order valence-electron chi connectivity index (χ2n) is 6.30. The molecule has 2 N–H and O–H groups in total. The van der Waals surface area contributed by atoms with E-state index in [9.17, 15) is 0 Å². The van der Waals surface area contributed by atoms with Crippen LogP contribution in [0, 0.1) is 0 Å². The Morgan fingerprint density at radius 2 is 1.50 bits per heavy atom. The second kappa shape index (κ2) is 16.9. The largest absolute Gasteiger partial charge is 0.381 e. The first-order chi connectivity index (χ1) is 12.9. The summed E-state index contributed by atoms with van der Waals surface area (Å²) in [6.45, 7) is 7.26. The van der Waals surface area contributed by atoms with Crippen molar-refractivity contribution in [2.45, 2.75) is 45.4 Å². The van der Waals surface area contributed by atoms with E-state index in [1.807, 2.05) is 6.07 Å². The van der Waals surface area contributed by atoms with Crippen LogP contribution >= 0.6 is 0 Å². The predicted octanol–water partition coefficient (Wildman–Crippen LogP) is 3.40. The first-order valence-electron chi connectivity index (χ1n) is 10.0. The van der Waals surface area contributed by atoms with Crippen molar-refractivity contribution in [3.63, 3.8) is 0 Å². The summed E-state index contributed by atoms with van der Waals surface area (Å²) in [4.78, 5) is 4.24. The molecule has 0 saturated carbocycles. The standard InChI is InChI=1S/C21H37N3O2/c1-3-4-16-25-18-10-15-24-21(22-2)23-14-8-9-17-26-19-13-20-11-6-5-7-12-20/h5-7,11-12H,3-4,8-10,13-19H2,1-2H3,(H2,22,23,24). The zero-order valence-corrected chi connectivity index (χ0v) is 16.6. The van der Waals surface area contributed by atoms with Crippen LogP contribution in [0.5, 0.6) is 0 Å². The molecule has 1 aromatic carbocycles. The summed E-state index contributed by atoms with van der Waals surface area (Å²) in [6.07, 6.45) is 6.45. The van der Waals surface area contributed by atoms with Crippen molar-refractivity contribution < 1.29 is 9.47 Å². The minimum Gasteiger partial charge on any atom is -0.381 e. The number of rotatable bonds is 15. The van der Waals surface area contributed by atoms with Crippen LogP contribution in [0.1, 0.15) is 44.6 Å². The molecule has 0 radical (unpaired) electrons. The summed E-state index contributed by atoms with van der Waals surface area (Å²) in [5.74, 6) is 0.864. The van der Waals surface area contributed by atoms with Crippen molar-refractivity contribution in [2.24, 2.45) is 4.99 Å². The molecule has 0 saturated heterocycles. The quantitative estimate of drug-likeness (QED) is 0.285. The Balaban J connectivity index is 1.89. The maximum absolute atomic E-state index is 5.70. The van der Waals surface area contributed by atoms with Gasteiger partial charge in [-0.2, -0.15) is 0 Å². The molecule has 0 heterocycles. The van der Waals surface area contributed by atoms with Gasteiger partial charge < -0.3 is 20.1 Å². The van der Waals surface area contributed by atoms with Gasteiger partial charge in [0.1, 0.15) is 0 Å². The van der Waals surface area contributed by atoms with E-state index >= 15 is 0 Å². The van der Waals surface area contributed by atoms with Crippen molar-refractivity contribution in [3.05, 3.63) is 35.9 Å². The van der Waals surface area contributed by atoms with E-state index in [1.54, 1.807) is 7.05 Å². The fraction of sp³-hybridized carbons (Fsp3) is 0.667. The molecule has 0 aliphatic carbocycles. The van der Waals surface area contributed by atoms with Gasteiger partial charge in [-0.15, -0.1) is 0 Å². The van der Waals surface area contributed by atoms with Crippen LogP contribution in [0.3, 0.4) is 0 Å². The Morgan fingerprint density at radius 1 is 0.846 bits per heavy atom. The Kier molecular flexibility index (Phi) is 14.6. The summed E-state index contributed by atoms with van der Waals surface area (Å²) in [5.41, 5.74) is 1.33. The topological polar surface area (TPSA) is 54.9 Å². The maximum Gasteiger partial charge on any atom is 0.190 e. The molecule has 0 aliphatic heterocycles. The van der Waals surface area contributed by atoms with Gasteiger partial charge in [-0.1, -0.05) is 43.7 Å².